The second kappa shape index (κ2) is 9.30. The largest absolute Gasteiger partial charge is 0.459 e. The number of benzene rings is 2. The Morgan fingerprint density at radius 2 is 1.33 bits per heavy atom. The first-order chi connectivity index (χ1) is 13.9. The van der Waals surface area contributed by atoms with Crippen LogP contribution in [0.15, 0.2) is 41.3 Å². The second-order valence-electron chi connectivity index (χ2n) is 7.58. The number of esters is 2. The maximum atomic E-state index is 12.9. The maximum Gasteiger partial charge on any atom is 0.338 e. The predicted molar refractivity (Wildman–Crippen MR) is 114 cm³/mol. The fourth-order valence-corrected chi connectivity index (χ4v) is 4.06. The maximum absolute atomic E-state index is 12.9. The van der Waals surface area contributed by atoms with Crippen LogP contribution in [-0.2, 0) is 19.5 Å². The Bertz CT molecular complexity index is 1020. The first-order valence-corrected chi connectivity index (χ1v) is 11.0. The third-order valence-corrected chi connectivity index (χ3v) is 5.50. The number of sulfonamides is 1. The third-order valence-electron chi connectivity index (χ3n) is 3.98. The van der Waals surface area contributed by atoms with Gasteiger partial charge in [0.2, 0.25) is 0 Å². The van der Waals surface area contributed by atoms with Gasteiger partial charge in [-0.15, -0.1) is 0 Å². The Hall–Kier alpha value is -2.87. The van der Waals surface area contributed by atoms with Crippen LogP contribution in [0.4, 0.5) is 5.69 Å². The number of carbonyl (C=O) groups excluding carboxylic acids is 2. The normalized spacial score (nSPS) is 11.5. The van der Waals surface area contributed by atoms with E-state index in [1.165, 1.54) is 18.2 Å². The van der Waals surface area contributed by atoms with Gasteiger partial charge in [0.15, 0.2) is 0 Å². The summed E-state index contributed by atoms with van der Waals surface area (Å²) in [7, 11) is -3.95. The van der Waals surface area contributed by atoms with Gasteiger partial charge in [-0.3, -0.25) is 4.72 Å². The summed E-state index contributed by atoms with van der Waals surface area (Å²) in [5.74, 6) is -1.34. The summed E-state index contributed by atoms with van der Waals surface area (Å²) < 4.78 is 38.7. The van der Waals surface area contributed by atoms with Gasteiger partial charge in [-0.05, 0) is 76.9 Å². The predicted octanol–water partition coefficient (Wildman–Crippen LogP) is 4.23. The third kappa shape index (κ3) is 6.06. The van der Waals surface area contributed by atoms with Crippen LogP contribution >= 0.6 is 0 Å². The molecule has 8 heteroatoms. The van der Waals surface area contributed by atoms with Crippen molar-refractivity contribution in [2.24, 2.45) is 0 Å². The molecule has 0 aromatic heterocycles. The Kier molecular flexibility index (Phi) is 7.25. The van der Waals surface area contributed by atoms with Crippen molar-refractivity contribution in [2.45, 2.75) is 58.6 Å². The standard InChI is InChI=1S/C22H27NO6S/c1-13(2)28-21(24)17-10-18(22(25)29-14(3)4)12-19(11-17)23-30(26,27)20-9-15(5)7-8-16(20)6/h7-14,23H,1-6H3. The fourth-order valence-electron chi connectivity index (χ4n) is 2.69. The molecule has 2 aromatic rings. The quantitative estimate of drug-likeness (QED) is 0.656. The molecule has 1 N–H and O–H groups in total. The lowest BCUT2D eigenvalue weighted by Gasteiger charge is -2.15. The van der Waals surface area contributed by atoms with Crippen molar-refractivity contribution in [1.29, 1.82) is 0 Å². The number of hydrogen-bond donors (Lipinski definition) is 1. The molecule has 0 saturated heterocycles. The highest BCUT2D eigenvalue weighted by atomic mass is 32.2. The van der Waals surface area contributed by atoms with Crippen LogP contribution in [0, 0.1) is 13.8 Å². The Labute approximate surface area is 177 Å². The van der Waals surface area contributed by atoms with Crippen LogP contribution < -0.4 is 4.72 Å². The first-order valence-electron chi connectivity index (χ1n) is 9.56. The number of aryl methyl sites for hydroxylation is 2. The highest BCUT2D eigenvalue weighted by Crippen LogP contribution is 2.24. The Balaban J connectivity index is 2.50. The SMILES string of the molecule is Cc1ccc(C)c(S(=O)(=O)Nc2cc(C(=O)OC(C)C)cc(C(=O)OC(C)C)c2)c1. The lowest BCUT2D eigenvalue weighted by atomic mass is 10.1. The van der Waals surface area contributed by atoms with E-state index in [0.29, 0.717) is 5.56 Å². The summed E-state index contributed by atoms with van der Waals surface area (Å²) in [5, 5.41) is 0. The van der Waals surface area contributed by atoms with Crippen LogP contribution in [0.2, 0.25) is 0 Å². The van der Waals surface area contributed by atoms with Gasteiger partial charge < -0.3 is 9.47 Å². The highest BCUT2D eigenvalue weighted by molar-refractivity contribution is 7.92. The molecule has 0 aliphatic rings. The number of carbonyl (C=O) groups is 2. The van der Waals surface area contributed by atoms with E-state index in [1.807, 2.05) is 6.07 Å². The Morgan fingerprint density at radius 1 is 0.833 bits per heavy atom. The zero-order valence-electron chi connectivity index (χ0n) is 18.0. The molecule has 2 aromatic carbocycles. The van der Waals surface area contributed by atoms with E-state index in [-0.39, 0.29) is 33.9 Å². The topological polar surface area (TPSA) is 98.8 Å². The Morgan fingerprint density at radius 3 is 1.80 bits per heavy atom. The molecule has 0 aliphatic heterocycles. The number of rotatable bonds is 7. The van der Waals surface area contributed by atoms with Gasteiger partial charge in [0.25, 0.3) is 10.0 Å². The molecular formula is C22H27NO6S. The van der Waals surface area contributed by atoms with Crippen molar-refractivity contribution in [2.75, 3.05) is 4.72 Å². The molecule has 162 valence electrons. The molecule has 0 aliphatic carbocycles. The lowest BCUT2D eigenvalue weighted by Crippen LogP contribution is -2.18. The van der Waals surface area contributed by atoms with Gasteiger partial charge in [0.1, 0.15) is 0 Å². The monoisotopic (exact) mass is 433 g/mol. The zero-order chi connectivity index (χ0) is 22.6. The van der Waals surface area contributed by atoms with E-state index < -0.39 is 22.0 Å². The van der Waals surface area contributed by atoms with Crippen molar-refractivity contribution in [3.8, 4) is 0 Å². The highest BCUT2D eigenvalue weighted by Gasteiger charge is 2.21. The smallest absolute Gasteiger partial charge is 0.338 e. The number of hydrogen-bond acceptors (Lipinski definition) is 6. The number of ether oxygens (including phenoxy) is 2. The van der Waals surface area contributed by atoms with E-state index >= 15 is 0 Å². The zero-order valence-corrected chi connectivity index (χ0v) is 18.8. The van der Waals surface area contributed by atoms with Crippen LogP contribution in [0.25, 0.3) is 0 Å². The molecule has 0 saturated carbocycles. The van der Waals surface area contributed by atoms with Crippen molar-refractivity contribution in [3.05, 3.63) is 58.7 Å². The molecule has 0 fully saturated rings. The van der Waals surface area contributed by atoms with Gasteiger partial charge in [-0.1, -0.05) is 12.1 Å². The van der Waals surface area contributed by atoms with Crippen LogP contribution in [0.5, 0.6) is 0 Å². The summed E-state index contributed by atoms with van der Waals surface area (Å²) in [6.07, 6.45) is -0.752. The number of anilines is 1. The summed E-state index contributed by atoms with van der Waals surface area (Å²) in [5.41, 5.74) is 1.50. The van der Waals surface area contributed by atoms with Gasteiger partial charge in [-0.2, -0.15) is 0 Å². The van der Waals surface area contributed by atoms with Crippen LogP contribution in [-0.4, -0.2) is 32.6 Å². The van der Waals surface area contributed by atoms with Gasteiger partial charge in [0, 0.05) is 0 Å². The van der Waals surface area contributed by atoms with E-state index in [2.05, 4.69) is 4.72 Å². The molecule has 0 spiro atoms. The van der Waals surface area contributed by atoms with E-state index in [0.717, 1.165) is 5.56 Å². The summed E-state index contributed by atoms with van der Waals surface area (Å²) >= 11 is 0. The molecule has 0 bridgehead atoms. The summed E-state index contributed by atoms with van der Waals surface area (Å²) in [6, 6.07) is 9.08. The summed E-state index contributed by atoms with van der Waals surface area (Å²) in [6.45, 7) is 10.3. The van der Waals surface area contributed by atoms with Crippen molar-refractivity contribution >= 4 is 27.6 Å². The minimum atomic E-state index is -3.95. The minimum absolute atomic E-state index is 0.0422. The van der Waals surface area contributed by atoms with E-state index in [9.17, 15) is 18.0 Å². The molecule has 0 heterocycles. The minimum Gasteiger partial charge on any atom is -0.459 e. The molecular weight excluding hydrogens is 406 g/mol. The van der Waals surface area contributed by atoms with Gasteiger partial charge >= 0.3 is 11.9 Å². The first kappa shape index (κ1) is 23.4. The molecule has 30 heavy (non-hydrogen) atoms. The fraction of sp³-hybridized carbons (Fsp3) is 0.364. The van der Waals surface area contributed by atoms with E-state index in [1.54, 1.807) is 53.7 Å². The molecule has 0 radical (unpaired) electrons. The average Bonchev–Trinajstić information content (AvgIpc) is 2.61. The van der Waals surface area contributed by atoms with Crippen molar-refractivity contribution in [3.63, 3.8) is 0 Å². The van der Waals surface area contributed by atoms with Crippen LogP contribution in [0.1, 0.15) is 59.5 Å². The molecule has 0 amide bonds. The summed E-state index contributed by atoms with van der Waals surface area (Å²) in [4.78, 5) is 24.9. The van der Waals surface area contributed by atoms with Crippen molar-refractivity contribution in [1.82, 2.24) is 0 Å². The van der Waals surface area contributed by atoms with Gasteiger partial charge in [-0.25, -0.2) is 18.0 Å². The van der Waals surface area contributed by atoms with Crippen LogP contribution in [0.3, 0.4) is 0 Å². The average molecular weight is 434 g/mol. The number of nitrogens with one attached hydrogen (secondary N) is 1. The van der Waals surface area contributed by atoms with E-state index in [4.69, 9.17) is 9.47 Å². The molecule has 0 unspecified atom stereocenters. The molecule has 2 rings (SSSR count). The lowest BCUT2D eigenvalue weighted by molar-refractivity contribution is 0.0377. The van der Waals surface area contributed by atoms with Crippen molar-refractivity contribution < 1.29 is 27.5 Å². The van der Waals surface area contributed by atoms with Gasteiger partial charge in [0.05, 0.1) is 33.9 Å². The second-order valence-corrected chi connectivity index (χ2v) is 9.23. The molecule has 7 nitrogen and oxygen atoms in total. The molecule has 0 atom stereocenters.